The largest absolute Gasteiger partial charge is 0.454 e. The van der Waals surface area contributed by atoms with Crippen LogP contribution >= 0.6 is 0 Å². The number of nitrogens with one attached hydrogen (secondary N) is 3. The van der Waals surface area contributed by atoms with Crippen LogP contribution in [-0.2, 0) is 13.0 Å². The Bertz CT molecular complexity index is 977. The first kappa shape index (κ1) is 17.3. The lowest BCUT2D eigenvalue weighted by molar-refractivity contribution is 0.174. The Morgan fingerprint density at radius 3 is 2.93 bits per heavy atom. The minimum absolute atomic E-state index is 0.294. The molecule has 3 N–H and O–H groups in total. The molecular weight excluding hydrogens is 340 g/mol. The molecule has 4 rings (SSSR count). The van der Waals surface area contributed by atoms with Gasteiger partial charge < -0.3 is 25.1 Å². The average Bonchev–Trinajstić information content (AvgIpc) is 3.31. The lowest BCUT2D eigenvalue weighted by Crippen LogP contribution is -2.37. The van der Waals surface area contributed by atoms with Crippen LogP contribution < -0.4 is 20.1 Å². The smallest absolute Gasteiger partial charge is 0.231 e. The van der Waals surface area contributed by atoms with Gasteiger partial charge in [-0.25, -0.2) is 0 Å². The quantitative estimate of drug-likeness (QED) is 0.481. The maximum atomic E-state index is 5.42. The van der Waals surface area contributed by atoms with Gasteiger partial charge in [0.25, 0.3) is 0 Å². The molecule has 0 amide bonds. The average molecular weight is 364 g/mol. The molecule has 6 heteroatoms. The molecule has 0 bridgehead atoms. The van der Waals surface area contributed by atoms with Gasteiger partial charge >= 0.3 is 0 Å². The molecule has 0 fully saturated rings. The van der Waals surface area contributed by atoms with E-state index in [2.05, 4.69) is 51.9 Å². The van der Waals surface area contributed by atoms with Gasteiger partial charge in [-0.1, -0.05) is 18.2 Å². The fraction of sp³-hybridized carbons (Fsp3) is 0.286. The predicted octanol–water partition coefficient (Wildman–Crippen LogP) is 3.11. The second kappa shape index (κ2) is 7.61. The van der Waals surface area contributed by atoms with Crippen molar-refractivity contribution in [2.24, 2.45) is 4.99 Å². The summed E-state index contributed by atoms with van der Waals surface area (Å²) in [6.45, 7) is 3.92. The number of aryl methyl sites for hydroxylation is 1. The van der Waals surface area contributed by atoms with E-state index in [1.54, 1.807) is 7.05 Å². The van der Waals surface area contributed by atoms with E-state index in [0.717, 1.165) is 36.0 Å². The van der Waals surface area contributed by atoms with Crippen molar-refractivity contribution in [1.82, 2.24) is 15.6 Å². The van der Waals surface area contributed by atoms with E-state index in [-0.39, 0.29) is 0 Å². The van der Waals surface area contributed by atoms with Crippen LogP contribution in [0.25, 0.3) is 10.9 Å². The van der Waals surface area contributed by atoms with Crippen LogP contribution in [0.3, 0.4) is 0 Å². The molecule has 1 aliphatic heterocycles. The van der Waals surface area contributed by atoms with Crippen molar-refractivity contribution >= 4 is 16.9 Å². The zero-order valence-electron chi connectivity index (χ0n) is 15.6. The summed E-state index contributed by atoms with van der Waals surface area (Å²) in [7, 11) is 1.78. The first-order chi connectivity index (χ1) is 13.2. The number of benzene rings is 2. The summed E-state index contributed by atoms with van der Waals surface area (Å²) < 4.78 is 10.8. The lowest BCUT2D eigenvalue weighted by atomic mass is 10.1. The third-order valence-corrected chi connectivity index (χ3v) is 4.80. The van der Waals surface area contributed by atoms with E-state index in [1.165, 1.54) is 22.0 Å². The number of nitrogens with zero attached hydrogens (tertiary/aromatic N) is 1. The first-order valence-corrected chi connectivity index (χ1v) is 9.13. The lowest BCUT2D eigenvalue weighted by Gasteiger charge is -2.12. The van der Waals surface area contributed by atoms with Gasteiger partial charge in [-0.05, 0) is 48.2 Å². The zero-order chi connectivity index (χ0) is 18.6. The summed E-state index contributed by atoms with van der Waals surface area (Å²) in [6.07, 6.45) is 3.03. The Kier molecular flexibility index (Phi) is 4.87. The zero-order valence-corrected chi connectivity index (χ0v) is 15.6. The molecule has 0 saturated carbocycles. The third-order valence-electron chi connectivity index (χ3n) is 4.80. The summed E-state index contributed by atoms with van der Waals surface area (Å²) in [5.74, 6) is 2.38. The van der Waals surface area contributed by atoms with Crippen LogP contribution in [0.5, 0.6) is 11.5 Å². The highest BCUT2D eigenvalue weighted by atomic mass is 16.7. The van der Waals surface area contributed by atoms with Gasteiger partial charge in [-0.2, -0.15) is 0 Å². The number of aromatic nitrogens is 1. The molecule has 2 aromatic carbocycles. The van der Waals surface area contributed by atoms with Crippen LogP contribution in [0.15, 0.2) is 47.6 Å². The Balaban J connectivity index is 1.31. The van der Waals surface area contributed by atoms with Crippen LogP contribution in [0.2, 0.25) is 0 Å². The number of rotatable bonds is 5. The molecule has 27 heavy (non-hydrogen) atoms. The minimum atomic E-state index is 0.294. The number of aromatic amines is 1. The SMILES string of the molecule is CN=C(NCCc1c[nH]c2cccc(C)c12)NCc1ccc2c(c1)OCO2. The van der Waals surface area contributed by atoms with Crippen LogP contribution in [0, 0.1) is 6.92 Å². The van der Waals surface area contributed by atoms with Crippen LogP contribution in [0.4, 0.5) is 0 Å². The van der Waals surface area contributed by atoms with Crippen molar-refractivity contribution in [3.63, 3.8) is 0 Å². The van der Waals surface area contributed by atoms with E-state index >= 15 is 0 Å². The van der Waals surface area contributed by atoms with E-state index < -0.39 is 0 Å². The molecule has 0 saturated heterocycles. The predicted molar refractivity (Wildman–Crippen MR) is 108 cm³/mol. The van der Waals surface area contributed by atoms with E-state index in [0.29, 0.717) is 13.3 Å². The third kappa shape index (κ3) is 3.69. The summed E-state index contributed by atoms with van der Waals surface area (Å²) in [6, 6.07) is 12.3. The fourth-order valence-electron chi connectivity index (χ4n) is 3.42. The highest BCUT2D eigenvalue weighted by Gasteiger charge is 2.13. The molecule has 140 valence electrons. The van der Waals surface area contributed by atoms with Gasteiger partial charge in [-0.15, -0.1) is 0 Å². The van der Waals surface area contributed by atoms with E-state index in [4.69, 9.17) is 9.47 Å². The molecule has 0 atom stereocenters. The molecule has 3 aromatic rings. The Morgan fingerprint density at radius 2 is 2.04 bits per heavy atom. The number of ether oxygens (including phenoxy) is 2. The highest BCUT2D eigenvalue weighted by molar-refractivity contribution is 5.86. The second-order valence-corrected chi connectivity index (χ2v) is 6.60. The molecule has 0 aliphatic carbocycles. The molecule has 0 unspecified atom stereocenters. The van der Waals surface area contributed by atoms with Gasteiger partial charge in [0.05, 0.1) is 0 Å². The number of guanidine groups is 1. The fourth-order valence-corrected chi connectivity index (χ4v) is 3.42. The van der Waals surface area contributed by atoms with Gasteiger partial charge in [0, 0.05) is 37.2 Å². The normalized spacial score (nSPS) is 13.2. The highest BCUT2D eigenvalue weighted by Crippen LogP contribution is 2.32. The standard InChI is InChI=1S/C21H24N4O2/c1-14-4-3-5-17-20(14)16(12-24-17)8-9-23-21(22-2)25-11-15-6-7-18-19(10-15)27-13-26-18/h3-7,10,12,24H,8-9,11,13H2,1-2H3,(H2,22,23,25). The van der Waals surface area contributed by atoms with Gasteiger partial charge in [0.15, 0.2) is 17.5 Å². The Morgan fingerprint density at radius 1 is 1.15 bits per heavy atom. The number of H-pyrrole nitrogens is 1. The van der Waals surface area contributed by atoms with Crippen LogP contribution in [-0.4, -0.2) is 31.3 Å². The first-order valence-electron chi connectivity index (χ1n) is 9.13. The number of fused-ring (bicyclic) bond motifs is 2. The molecule has 1 aromatic heterocycles. The second-order valence-electron chi connectivity index (χ2n) is 6.60. The van der Waals surface area contributed by atoms with Crippen LogP contribution in [0.1, 0.15) is 16.7 Å². The van der Waals surface area contributed by atoms with Gasteiger partial charge in [0.2, 0.25) is 6.79 Å². The van der Waals surface area contributed by atoms with Crippen molar-refractivity contribution < 1.29 is 9.47 Å². The van der Waals surface area contributed by atoms with Gasteiger partial charge in [0.1, 0.15) is 0 Å². The molecule has 0 radical (unpaired) electrons. The number of aliphatic imine (C=N–C) groups is 1. The summed E-state index contributed by atoms with van der Waals surface area (Å²) >= 11 is 0. The Labute approximate surface area is 158 Å². The summed E-state index contributed by atoms with van der Waals surface area (Å²) in [5, 5.41) is 8.05. The van der Waals surface area contributed by atoms with Crippen molar-refractivity contribution in [3.05, 3.63) is 59.3 Å². The van der Waals surface area contributed by atoms with Crippen molar-refractivity contribution in [1.29, 1.82) is 0 Å². The molecular formula is C21H24N4O2. The topological polar surface area (TPSA) is 70.7 Å². The molecule has 1 aliphatic rings. The number of hydrogen-bond acceptors (Lipinski definition) is 3. The molecule has 0 spiro atoms. The number of hydrogen-bond donors (Lipinski definition) is 3. The van der Waals surface area contributed by atoms with E-state index in [1.807, 2.05) is 18.2 Å². The van der Waals surface area contributed by atoms with Crippen molar-refractivity contribution in [2.75, 3.05) is 20.4 Å². The Hall–Kier alpha value is -3.15. The maximum Gasteiger partial charge on any atom is 0.231 e. The monoisotopic (exact) mass is 364 g/mol. The molecule has 2 heterocycles. The minimum Gasteiger partial charge on any atom is -0.454 e. The van der Waals surface area contributed by atoms with E-state index in [9.17, 15) is 0 Å². The van der Waals surface area contributed by atoms with Crippen molar-refractivity contribution in [2.45, 2.75) is 19.9 Å². The summed E-state index contributed by atoms with van der Waals surface area (Å²) in [5.41, 5.74) is 4.93. The maximum absolute atomic E-state index is 5.42. The molecule has 6 nitrogen and oxygen atoms in total. The van der Waals surface area contributed by atoms with Gasteiger partial charge in [-0.3, -0.25) is 4.99 Å². The summed E-state index contributed by atoms with van der Waals surface area (Å²) in [4.78, 5) is 7.66. The van der Waals surface area contributed by atoms with Crippen molar-refractivity contribution in [3.8, 4) is 11.5 Å².